The Morgan fingerprint density at radius 1 is 1.22 bits per heavy atom. The number of rotatable bonds is 5. The van der Waals surface area contributed by atoms with Crippen molar-refractivity contribution in [3.8, 4) is 0 Å². The number of halogens is 1. The lowest BCUT2D eigenvalue weighted by atomic mass is 9.90. The fourth-order valence-corrected chi connectivity index (χ4v) is 3.06. The van der Waals surface area contributed by atoms with Crippen molar-refractivity contribution in [2.45, 2.75) is 52.5 Å². The molecule has 1 aliphatic rings. The van der Waals surface area contributed by atoms with Gasteiger partial charge in [0.1, 0.15) is 0 Å². The standard InChI is InChI=1S/C19H30N2O.ClH/c1-14(2)18(20)19(22)21-12-10-17(11-13-21)9-8-16-6-4-15(3)5-7-16;/h4-7,14,17-18H,8-13,20H2,1-3H3;1H/t18-;/m1./s1. The molecule has 2 rings (SSSR count). The van der Waals surface area contributed by atoms with Crippen LogP contribution < -0.4 is 5.73 Å². The Balaban J connectivity index is 0.00000264. The van der Waals surface area contributed by atoms with Crippen LogP contribution in [0, 0.1) is 18.8 Å². The molecule has 1 amide bonds. The minimum atomic E-state index is -0.343. The molecule has 0 aliphatic carbocycles. The molecule has 1 atom stereocenters. The summed E-state index contributed by atoms with van der Waals surface area (Å²) in [4.78, 5) is 14.2. The lowest BCUT2D eigenvalue weighted by molar-refractivity contribution is -0.135. The summed E-state index contributed by atoms with van der Waals surface area (Å²) < 4.78 is 0. The predicted molar refractivity (Wildman–Crippen MR) is 98.9 cm³/mol. The average molecular weight is 339 g/mol. The van der Waals surface area contributed by atoms with Gasteiger partial charge in [0.25, 0.3) is 0 Å². The zero-order valence-electron chi connectivity index (χ0n) is 14.6. The van der Waals surface area contributed by atoms with E-state index in [2.05, 4.69) is 31.2 Å². The van der Waals surface area contributed by atoms with E-state index in [9.17, 15) is 4.79 Å². The van der Waals surface area contributed by atoms with Crippen LogP contribution in [0.5, 0.6) is 0 Å². The van der Waals surface area contributed by atoms with Crippen molar-refractivity contribution in [3.63, 3.8) is 0 Å². The maximum atomic E-state index is 12.3. The number of carbonyl (C=O) groups is 1. The van der Waals surface area contributed by atoms with Crippen molar-refractivity contribution >= 4 is 18.3 Å². The number of aryl methyl sites for hydroxylation is 2. The Kier molecular flexibility index (Phi) is 8.07. The van der Waals surface area contributed by atoms with E-state index in [1.54, 1.807) is 0 Å². The number of likely N-dealkylation sites (tertiary alicyclic amines) is 1. The summed E-state index contributed by atoms with van der Waals surface area (Å²) in [5.41, 5.74) is 8.72. The highest BCUT2D eigenvalue weighted by atomic mass is 35.5. The molecule has 130 valence electrons. The second-order valence-electron chi connectivity index (χ2n) is 7.06. The van der Waals surface area contributed by atoms with E-state index in [1.807, 2.05) is 18.7 Å². The highest BCUT2D eigenvalue weighted by Gasteiger charge is 2.27. The molecule has 0 saturated carbocycles. The maximum absolute atomic E-state index is 12.3. The van der Waals surface area contributed by atoms with Crippen LogP contribution in [0.3, 0.4) is 0 Å². The highest BCUT2D eigenvalue weighted by Crippen LogP contribution is 2.23. The Morgan fingerprint density at radius 3 is 2.30 bits per heavy atom. The quantitative estimate of drug-likeness (QED) is 0.892. The molecule has 1 aromatic carbocycles. The van der Waals surface area contributed by atoms with Crippen LogP contribution in [0.2, 0.25) is 0 Å². The van der Waals surface area contributed by atoms with Gasteiger partial charge in [-0.15, -0.1) is 12.4 Å². The molecule has 0 spiro atoms. The molecule has 0 bridgehead atoms. The molecular formula is C19H31ClN2O. The Bertz CT molecular complexity index is 479. The molecule has 23 heavy (non-hydrogen) atoms. The molecule has 4 heteroatoms. The minimum Gasteiger partial charge on any atom is -0.341 e. The van der Waals surface area contributed by atoms with Crippen LogP contribution in [0.25, 0.3) is 0 Å². The second-order valence-corrected chi connectivity index (χ2v) is 7.06. The van der Waals surface area contributed by atoms with E-state index < -0.39 is 0 Å². The van der Waals surface area contributed by atoms with Gasteiger partial charge in [0.2, 0.25) is 5.91 Å². The largest absolute Gasteiger partial charge is 0.341 e. The Hall–Kier alpha value is -1.06. The maximum Gasteiger partial charge on any atom is 0.239 e. The van der Waals surface area contributed by atoms with Gasteiger partial charge in [-0.3, -0.25) is 4.79 Å². The number of hydrogen-bond acceptors (Lipinski definition) is 2. The Labute approximate surface area is 147 Å². The third kappa shape index (κ3) is 5.82. The van der Waals surface area contributed by atoms with Crippen LogP contribution in [0.15, 0.2) is 24.3 Å². The fourth-order valence-electron chi connectivity index (χ4n) is 3.06. The lowest BCUT2D eigenvalue weighted by Gasteiger charge is -2.34. The van der Waals surface area contributed by atoms with Gasteiger partial charge in [-0.1, -0.05) is 43.7 Å². The third-order valence-electron chi connectivity index (χ3n) is 4.89. The molecule has 1 aliphatic heterocycles. The molecular weight excluding hydrogens is 308 g/mol. The fraction of sp³-hybridized carbons (Fsp3) is 0.632. The predicted octanol–water partition coefficient (Wildman–Crippen LogP) is 3.57. The molecule has 1 fully saturated rings. The molecule has 1 aromatic rings. The van der Waals surface area contributed by atoms with Crippen LogP contribution in [-0.4, -0.2) is 29.9 Å². The van der Waals surface area contributed by atoms with Crippen LogP contribution >= 0.6 is 12.4 Å². The van der Waals surface area contributed by atoms with Gasteiger partial charge >= 0.3 is 0 Å². The molecule has 1 saturated heterocycles. The zero-order valence-corrected chi connectivity index (χ0v) is 15.4. The summed E-state index contributed by atoms with van der Waals surface area (Å²) in [6.07, 6.45) is 4.59. The molecule has 2 N–H and O–H groups in total. The molecule has 0 unspecified atom stereocenters. The number of amides is 1. The number of piperidine rings is 1. The van der Waals surface area contributed by atoms with Crippen molar-refractivity contribution in [2.24, 2.45) is 17.6 Å². The van der Waals surface area contributed by atoms with E-state index in [0.717, 1.165) is 38.3 Å². The van der Waals surface area contributed by atoms with Gasteiger partial charge in [-0.2, -0.15) is 0 Å². The first-order valence-corrected chi connectivity index (χ1v) is 8.57. The lowest BCUT2D eigenvalue weighted by Crippen LogP contribution is -2.49. The first-order chi connectivity index (χ1) is 10.5. The average Bonchev–Trinajstić information content (AvgIpc) is 2.53. The van der Waals surface area contributed by atoms with Gasteiger partial charge in [0.05, 0.1) is 6.04 Å². The summed E-state index contributed by atoms with van der Waals surface area (Å²) in [7, 11) is 0. The minimum absolute atomic E-state index is 0. The first-order valence-electron chi connectivity index (χ1n) is 8.57. The van der Waals surface area contributed by atoms with Crippen LogP contribution in [0.4, 0.5) is 0 Å². The number of hydrogen-bond donors (Lipinski definition) is 1. The second kappa shape index (κ2) is 9.29. The van der Waals surface area contributed by atoms with Crippen molar-refractivity contribution in [3.05, 3.63) is 35.4 Å². The van der Waals surface area contributed by atoms with Gasteiger partial charge in [-0.05, 0) is 50.0 Å². The first kappa shape index (κ1) is 20.0. The zero-order chi connectivity index (χ0) is 16.1. The van der Waals surface area contributed by atoms with Crippen molar-refractivity contribution < 1.29 is 4.79 Å². The third-order valence-corrected chi connectivity index (χ3v) is 4.89. The van der Waals surface area contributed by atoms with E-state index in [1.165, 1.54) is 17.5 Å². The highest BCUT2D eigenvalue weighted by molar-refractivity contribution is 5.85. The van der Waals surface area contributed by atoms with Crippen molar-refractivity contribution in [1.29, 1.82) is 0 Å². The summed E-state index contributed by atoms with van der Waals surface area (Å²) >= 11 is 0. The molecule has 1 heterocycles. The van der Waals surface area contributed by atoms with E-state index >= 15 is 0 Å². The van der Waals surface area contributed by atoms with E-state index in [4.69, 9.17) is 5.73 Å². The topological polar surface area (TPSA) is 46.3 Å². The normalized spacial score (nSPS) is 17.0. The number of nitrogens with zero attached hydrogens (tertiary/aromatic N) is 1. The monoisotopic (exact) mass is 338 g/mol. The number of benzene rings is 1. The summed E-state index contributed by atoms with van der Waals surface area (Å²) in [5, 5.41) is 0. The summed E-state index contributed by atoms with van der Waals surface area (Å²) in [5.74, 6) is 1.08. The summed E-state index contributed by atoms with van der Waals surface area (Å²) in [6.45, 7) is 7.89. The molecule has 3 nitrogen and oxygen atoms in total. The summed E-state index contributed by atoms with van der Waals surface area (Å²) in [6, 6.07) is 8.49. The number of nitrogens with two attached hydrogens (primary N) is 1. The number of carbonyl (C=O) groups excluding carboxylic acids is 1. The molecule has 0 aromatic heterocycles. The van der Waals surface area contributed by atoms with Gasteiger partial charge in [-0.25, -0.2) is 0 Å². The van der Waals surface area contributed by atoms with E-state index in [-0.39, 0.29) is 30.3 Å². The molecule has 0 radical (unpaired) electrons. The van der Waals surface area contributed by atoms with Crippen molar-refractivity contribution in [2.75, 3.05) is 13.1 Å². The van der Waals surface area contributed by atoms with Gasteiger partial charge in [0, 0.05) is 13.1 Å². The Morgan fingerprint density at radius 2 is 1.78 bits per heavy atom. The van der Waals surface area contributed by atoms with Gasteiger partial charge < -0.3 is 10.6 Å². The van der Waals surface area contributed by atoms with Gasteiger partial charge in [0.15, 0.2) is 0 Å². The van der Waals surface area contributed by atoms with E-state index in [0.29, 0.717) is 0 Å². The van der Waals surface area contributed by atoms with Crippen LogP contribution in [0.1, 0.15) is 44.2 Å². The SMILES string of the molecule is Cc1ccc(CCC2CCN(C(=O)[C@H](N)C(C)C)CC2)cc1.Cl. The van der Waals surface area contributed by atoms with Crippen molar-refractivity contribution in [1.82, 2.24) is 4.90 Å². The van der Waals surface area contributed by atoms with Crippen LogP contribution in [-0.2, 0) is 11.2 Å². The smallest absolute Gasteiger partial charge is 0.239 e.